The number of hydrogen-bond acceptors (Lipinski definition) is 6. The number of aryl methyl sites for hydroxylation is 1. The molecule has 6 nitrogen and oxygen atoms in total. The number of rotatable bonds is 6. The van der Waals surface area contributed by atoms with E-state index in [0.717, 1.165) is 12.0 Å². The SMILES string of the molecule is CCc1ccc(Oc2nc3ccccn3c(=O)c2/C=C2/SC(=S)N(Cc3ccccc3)C2=O)cc1. The van der Waals surface area contributed by atoms with Crippen molar-refractivity contribution in [3.8, 4) is 11.6 Å². The molecule has 3 heterocycles. The first-order valence-corrected chi connectivity index (χ1v) is 12.3. The van der Waals surface area contributed by atoms with Gasteiger partial charge in [-0.25, -0.2) is 0 Å². The van der Waals surface area contributed by atoms with E-state index in [9.17, 15) is 9.59 Å². The molecule has 0 bridgehead atoms. The average Bonchev–Trinajstić information content (AvgIpc) is 3.14. The second-order valence-electron chi connectivity index (χ2n) is 7.92. The van der Waals surface area contributed by atoms with Crippen LogP contribution in [-0.4, -0.2) is 24.5 Å². The van der Waals surface area contributed by atoms with Crippen LogP contribution in [0.1, 0.15) is 23.6 Å². The highest BCUT2D eigenvalue weighted by Gasteiger charge is 2.32. The third kappa shape index (κ3) is 4.76. The molecule has 1 saturated heterocycles. The van der Waals surface area contributed by atoms with E-state index in [1.807, 2.05) is 54.6 Å². The third-order valence-corrected chi connectivity index (χ3v) is 6.99. The normalized spacial score (nSPS) is 14.8. The summed E-state index contributed by atoms with van der Waals surface area (Å²) in [6.07, 6.45) is 4.09. The molecule has 4 aromatic rings. The monoisotopic (exact) mass is 499 g/mol. The summed E-state index contributed by atoms with van der Waals surface area (Å²) in [5.74, 6) is 0.444. The van der Waals surface area contributed by atoms with Crippen molar-refractivity contribution in [3.63, 3.8) is 0 Å². The summed E-state index contributed by atoms with van der Waals surface area (Å²) < 4.78 is 7.93. The molecule has 0 atom stereocenters. The smallest absolute Gasteiger partial charge is 0.269 e. The maximum atomic E-state index is 13.4. The molecule has 0 N–H and O–H groups in total. The molecule has 0 unspecified atom stereocenters. The van der Waals surface area contributed by atoms with Crippen LogP contribution >= 0.6 is 24.0 Å². The lowest BCUT2D eigenvalue weighted by atomic mass is 10.2. The first-order valence-electron chi connectivity index (χ1n) is 11.1. The Kier molecular flexibility index (Phi) is 6.48. The van der Waals surface area contributed by atoms with Crippen molar-refractivity contribution < 1.29 is 9.53 Å². The molecule has 2 aromatic carbocycles. The van der Waals surface area contributed by atoms with Gasteiger partial charge in [-0.2, -0.15) is 4.98 Å². The lowest BCUT2D eigenvalue weighted by Gasteiger charge is -2.14. The van der Waals surface area contributed by atoms with Gasteiger partial charge in [0.2, 0.25) is 5.88 Å². The van der Waals surface area contributed by atoms with Crippen LogP contribution in [0.4, 0.5) is 0 Å². The molecule has 35 heavy (non-hydrogen) atoms. The minimum absolute atomic E-state index is 0.138. The van der Waals surface area contributed by atoms with E-state index in [4.69, 9.17) is 17.0 Å². The van der Waals surface area contributed by atoms with Crippen LogP contribution in [0.2, 0.25) is 0 Å². The Labute approximate surface area is 211 Å². The zero-order valence-corrected chi connectivity index (χ0v) is 20.5. The van der Waals surface area contributed by atoms with Gasteiger partial charge in [-0.15, -0.1) is 0 Å². The van der Waals surface area contributed by atoms with Crippen LogP contribution in [0.15, 0.2) is 88.7 Å². The molecule has 0 radical (unpaired) electrons. The van der Waals surface area contributed by atoms with Gasteiger partial charge in [-0.05, 0) is 47.9 Å². The van der Waals surface area contributed by atoms with Crippen LogP contribution in [0.5, 0.6) is 11.6 Å². The molecule has 0 aliphatic carbocycles. The Morgan fingerprint density at radius 1 is 0.971 bits per heavy atom. The molecule has 0 saturated carbocycles. The second-order valence-corrected chi connectivity index (χ2v) is 9.59. The predicted octanol–water partition coefficient (Wildman–Crippen LogP) is 5.45. The van der Waals surface area contributed by atoms with E-state index in [-0.39, 0.29) is 22.9 Å². The molecular weight excluding hydrogens is 478 g/mol. The molecule has 1 aliphatic rings. The van der Waals surface area contributed by atoms with Gasteiger partial charge < -0.3 is 4.74 Å². The lowest BCUT2D eigenvalue weighted by molar-refractivity contribution is -0.122. The molecule has 1 aliphatic heterocycles. The number of benzene rings is 2. The highest BCUT2D eigenvalue weighted by Crippen LogP contribution is 2.35. The Morgan fingerprint density at radius 2 is 1.71 bits per heavy atom. The number of thiocarbonyl (C=S) groups is 1. The van der Waals surface area contributed by atoms with Crippen molar-refractivity contribution in [3.05, 3.63) is 111 Å². The standard InChI is InChI=1S/C27H21N3O3S2/c1-2-18-11-13-20(14-12-18)33-24-21(25(31)29-15-7-6-10-23(29)28-24)16-22-26(32)30(27(34)35-22)17-19-8-4-3-5-9-19/h3-16H,2,17H2,1H3/b22-16+. The van der Waals surface area contributed by atoms with Gasteiger partial charge >= 0.3 is 0 Å². The van der Waals surface area contributed by atoms with E-state index in [0.29, 0.717) is 27.2 Å². The lowest BCUT2D eigenvalue weighted by Crippen LogP contribution is -2.27. The van der Waals surface area contributed by atoms with E-state index in [1.54, 1.807) is 24.4 Å². The first kappa shape index (κ1) is 23.0. The summed E-state index contributed by atoms with van der Waals surface area (Å²) in [6.45, 7) is 2.44. The zero-order chi connectivity index (χ0) is 24.4. The van der Waals surface area contributed by atoms with Crippen molar-refractivity contribution in [1.82, 2.24) is 14.3 Å². The largest absolute Gasteiger partial charge is 0.438 e. The van der Waals surface area contributed by atoms with Crippen LogP contribution in [0.25, 0.3) is 11.7 Å². The van der Waals surface area contributed by atoms with Gasteiger partial charge in [-0.3, -0.25) is 18.9 Å². The third-order valence-electron chi connectivity index (χ3n) is 5.61. The van der Waals surface area contributed by atoms with Crippen LogP contribution in [0.3, 0.4) is 0 Å². The number of nitrogens with zero attached hydrogens (tertiary/aromatic N) is 3. The van der Waals surface area contributed by atoms with E-state index in [2.05, 4.69) is 11.9 Å². The number of ether oxygens (including phenoxy) is 1. The number of thioether (sulfide) groups is 1. The van der Waals surface area contributed by atoms with Crippen LogP contribution in [-0.2, 0) is 17.8 Å². The predicted molar refractivity (Wildman–Crippen MR) is 143 cm³/mol. The van der Waals surface area contributed by atoms with Gasteiger partial charge in [0.1, 0.15) is 21.3 Å². The number of aromatic nitrogens is 2. The molecule has 2 aromatic heterocycles. The Bertz CT molecular complexity index is 1510. The summed E-state index contributed by atoms with van der Waals surface area (Å²) in [5.41, 5.74) is 2.45. The Balaban J connectivity index is 1.55. The molecule has 0 spiro atoms. The molecule has 174 valence electrons. The van der Waals surface area contributed by atoms with E-state index >= 15 is 0 Å². The van der Waals surface area contributed by atoms with Crippen molar-refractivity contribution in [1.29, 1.82) is 0 Å². The molecule has 1 fully saturated rings. The van der Waals surface area contributed by atoms with E-state index in [1.165, 1.54) is 32.7 Å². The zero-order valence-electron chi connectivity index (χ0n) is 18.9. The minimum Gasteiger partial charge on any atom is -0.438 e. The number of pyridine rings is 1. The summed E-state index contributed by atoms with van der Waals surface area (Å²) in [5, 5.41) is 0. The highest BCUT2D eigenvalue weighted by atomic mass is 32.2. The van der Waals surface area contributed by atoms with Crippen molar-refractivity contribution in [2.24, 2.45) is 0 Å². The fraction of sp³-hybridized carbons (Fsp3) is 0.111. The topological polar surface area (TPSA) is 63.9 Å². The highest BCUT2D eigenvalue weighted by molar-refractivity contribution is 8.26. The van der Waals surface area contributed by atoms with Gasteiger partial charge in [0.25, 0.3) is 11.5 Å². The molecule has 1 amide bonds. The van der Waals surface area contributed by atoms with Crippen LogP contribution in [0, 0.1) is 0 Å². The van der Waals surface area contributed by atoms with Gasteiger partial charge in [0, 0.05) is 6.20 Å². The van der Waals surface area contributed by atoms with E-state index < -0.39 is 0 Å². The average molecular weight is 500 g/mol. The van der Waals surface area contributed by atoms with Crippen molar-refractivity contribution in [2.75, 3.05) is 0 Å². The molecular formula is C27H21N3O3S2. The fourth-order valence-corrected chi connectivity index (χ4v) is 4.96. The number of carbonyl (C=O) groups is 1. The van der Waals surface area contributed by atoms with Crippen molar-refractivity contribution >= 4 is 45.9 Å². The quantitative estimate of drug-likeness (QED) is 0.260. The maximum absolute atomic E-state index is 13.4. The number of amides is 1. The second kappa shape index (κ2) is 9.85. The molecule has 5 rings (SSSR count). The van der Waals surface area contributed by atoms with Gasteiger partial charge in [0.15, 0.2) is 0 Å². The first-order chi connectivity index (χ1) is 17.0. The minimum atomic E-state index is -0.330. The Morgan fingerprint density at radius 3 is 2.46 bits per heavy atom. The number of hydrogen-bond donors (Lipinski definition) is 0. The van der Waals surface area contributed by atoms with Gasteiger partial charge in [-0.1, -0.05) is 79.4 Å². The summed E-state index contributed by atoms with van der Waals surface area (Å²) >= 11 is 6.65. The summed E-state index contributed by atoms with van der Waals surface area (Å²) in [7, 11) is 0. The summed E-state index contributed by atoms with van der Waals surface area (Å²) in [6, 6.07) is 22.6. The Hall–Kier alpha value is -3.75. The van der Waals surface area contributed by atoms with Crippen molar-refractivity contribution in [2.45, 2.75) is 19.9 Å². The fourth-order valence-electron chi connectivity index (χ4n) is 3.72. The van der Waals surface area contributed by atoms with Gasteiger partial charge in [0.05, 0.1) is 11.4 Å². The molecule has 8 heteroatoms. The maximum Gasteiger partial charge on any atom is 0.269 e. The number of carbonyl (C=O) groups excluding carboxylic acids is 1. The summed E-state index contributed by atoms with van der Waals surface area (Å²) in [4.78, 5) is 33.1. The number of fused-ring (bicyclic) bond motifs is 1. The van der Waals surface area contributed by atoms with Crippen LogP contribution < -0.4 is 10.3 Å².